The van der Waals surface area contributed by atoms with Gasteiger partial charge in [0.15, 0.2) is 17.3 Å². The molecule has 6 heteroatoms. The van der Waals surface area contributed by atoms with E-state index in [1.54, 1.807) is 29.4 Å². The van der Waals surface area contributed by atoms with Crippen LogP contribution < -0.4 is 9.47 Å². The molecule has 0 atom stereocenters. The van der Waals surface area contributed by atoms with Crippen LogP contribution in [0.25, 0.3) is 0 Å². The number of rotatable bonds is 5. The summed E-state index contributed by atoms with van der Waals surface area (Å²) in [7, 11) is 0. The molecule has 0 fully saturated rings. The van der Waals surface area contributed by atoms with Crippen LogP contribution in [0, 0.1) is 0 Å². The first-order valence-corrected chi connectivity index (χ1v) is 7.90. The largest absolute Gasteiger partial charge is 0.459 e. The zero-order valence-corrected chi connectivity index (χ0v) is 13.4. The highest BCUT2D eigenvalue weighted by Crippen LogP contribution is 2.33. The average Bonchev–Trinajstić information content (AvgIpc) is 3.33. The normalized spacial score (nSPS) is 12.2. The van der Waals surface area contributed by atoms with E-state index in [2.05, 4.69) is 4.98 Å². The molecule has 1 aliphatic rings. The van der Waals surface area contributed by atoms with Crippen molar-refractivity contribution in [1.29, 1.82) is 0 Å². The molecule has 3 aromatic rings. The van der Waals surface area contributed by atoms with Gasteiger partial charge in [-0.05, 0) is 41.5 Å². The van der Waals surface area contributed by atoms with E-state index in [-0.39, 0.29) is 12.7 Å². The SMILES string of the molecule is O=C(c1ccco1)N(Cc1cccnc1)Cc1ccc2c(c1)OCO2. The van der Waals surface area contributed by atoms with Crippen molar-refractivity contribution in [1.82, 2.24) is 9.88 Å². The Morgan fingerprint density at radius 1 is 1.04 bits per heavy atom. The van der Waals surface area contributed by atoms with Crippen LogP contribution in [0.5, 0.6) is 11.5 Å². The van der Waals surface area contributed by atoms with Gasteiger partial charge >= 0.3 is 0 Å². The molecule has 0 radical (unpaired) electrons. The number of nitrogens with zero attached hydrogens (tertiary/aromatic N) is 2. The number of pyridine rings is 1. The highest BCUT2D eigenvalue weighted by atomic mass is 16.7. The standard InChI is InChI=1S/C19H16N2O4/c22-19(17-4-2-8-23-17)21(12-15-3-1-7-20-10-15)11-14-5-6-16-18(9-14)25-13-24-16/h1-10H,11-13H2. The Kier molecular flexibility index (Phi) is 4.08. The number of ether oxygens (including phenoxy) is 2. The van der Waals surface area contributed by atoms with Gasteiger partial charge in [-0.2, -0.15) is 0 Å². The van der Waals surface area contributed by atoms with Crippen LogP contribution in [0.2, 0.25) is 0 Å². The lowest BCUT2D eigenvalue weighted by molar-refractivity contribution is 0.0697. The molecule has 0 unspecified atom stereocenters. The van der Waals surface area contributed by atoms with Crippen molar-refractivity contribution in [3.63, 3.8) is 0 Å². The van der Waals surface area contributed by atoms with Gasteiger partial charge in [-0.25, -0.2) is 0 Å². The summed E-state index contributed by atoms with van der Waals surface area (Å²) < 4.78 is 16.0. The quantitative estimate of drug-likeness (QED) is 0.715. The van der Waals surface area contributed by atoms with E-state index in [9.17, 15) is 4.79 Å². The summed E-state index contributed by atoms with van der Waals surface area (Å²) in [5.41, 5.74) is 1.90. The van der Waals surface area contributed by atoms with Crippen LogP contribution in [-0.4, -0.2) is 22.6 Å². The van der Waals surface area contributed by atoms with Crippen molar-refractivity contribution >= 4 is 5.91 Å². The van der Waals surface area contributed by atoms with E-state index in [0.29, 0.717) is 24.6 Å². The van der Waals surface area contributed by atoms with E-state index in [4.69, 9.17) is 13.9 Å². The Morgan fingerprint density at radius 2 is 1.92 bits per heavy atom. The predicted octanol–water partition coefficient (Wildman–Crippen LogP) is 3.25. The zero-order valence-electron chi connectivity index (χ0n) is 13.4. The molecule has 4 rings (SSSR count). The smallest absolute Gasteiger partial charge is 0.290 e. The summed E-state index contributed by atoms with van der Waals surface area (Å²) in [6.07, 6.45) is 4.96. The number of hydrogen-bond donors (Lipinski definition) is 0. The lowest BCUT2D eigenvalue weighted by Gasteiger charge is -2.22. The van der Waals surface area contributed by atoms with Gasteiger partial charge in [0.2, 0.25) is 6.79 Å². The number of carbonyl (C=O) groups excluding carboxylic acids is 1. The second-order valence-corrected chi connectivity index (χ2v) is 5.69. The molecule has 0 saturated carbocycles. The molecule has 1 aliphatic heterocycles. The van der Waals surface area contributed by atoms with Gasteiger partial charge in [0.1, 0.15) is 0 Å². The molecule has 0 bridgehead atoms. The second kappa shape index (κ2) is 6.68. The number of hydrogen-bond acceptors (Lipinski definition) is 5. The molecule has 1 aromatic carbocycles. The zero-order chi connectivity index (χ0) is 17.1. The van der Waals surface area contributed by atoms with Crippen molar-refractivity contribution in [3.05, 3.63) is 78.0 Å². The number of aromatic nitrogens is 1. The molecule has 2 aromatic heterocycles. The monoisotopic (exact) mass is 336 g/mol. The second-order valence-electron chi connectivity index (χ2n) is 5.69. The van der Waals surface area contributed by atoms with Crippen molar-refractivity contribution in [2.75, 3.05) is 6.79 Å². The first-order chi connectivity index (χ1) is 12.3. The van der Waals surface area contributed by atoms with E-state index >= 15 is 0 Å². The Morgan fingerprint density at radius 3 is 2.72 bits per heavy atom. The molecule has 1 amide bonds. The fourth-order valence-electron chi connectivity index (χ4n) is 2.73. The molecule has 3 heterocycles. The van der Waals surface area contributed by atoms with Gasteiger partial charge in [0.05, 0.1) is 6.26 Å². The topological polar surface area (TPSA) is 64.8 Å². The minimum absolute atomic E-state index is 0.175. The first-order valence-electron chi connectivity index (χ1n) is 7.90. The number of furan rings is 1. The van der Waals surface area contributed by atoms with Crippen LogP contribution in [0.4, 0.5) is 0 Å². The molecular weight excluding hydrogens is 320 g/mol. The highest BCUT2D eigenvalue weighted by molar-refractivity contribution is 5.91. The summed E-state index contributed by atoms with van der Waals surface area (Å²) in [6.45, 7) is 1.08. The predicted molar refractivity (Wildman–Crippen MR) is 89.1 cm³/mol. The van der Waals surface area contributed by atoms with Crippen LogP contribution in [-0.2, 0) is 13.1 Å². The van der Waals surface area contributed by atoms with Gasteiger partial charge in [-0.3, -0.25) is 9.78 Å². The highest BCUT2D eigenvalue weighted by Gasteiger charge is 2.21. The molecule has 0 N–H and O–H groups in total. The fraction of sp³-hybridized carbons (Fsp3) is 0.158. The maximum atomic E-state index is 12.8. The van der Waals surface area contributed by atoms with Crippen molar-refractivity contribution in [2.24, 2.45) is 0 Å². The maximum Gasteiger partial charge on any atom is 0.290 e. The maximum absolute atomic E-state index is 12.8. The third-order valence-corrected chi connectivity index (χ3v) is 3.93. The van der Waals surface area contributed by atoms with Gasteiger partial charge in [0.25, 0.3) is 5.91 Å². The lowest BCUT2D eigenvalue weighted by Crippen LogP contribution is -2.29. The van der Waals surface area contributed by atoms with Gasteiger partial charge in [-0.1, -0.05) is 12.1 Å². The van der Waals surface area contributed by atoms with Crippen LogP contribution in [0.1, 0.15) is 21.7 Å². The molecule has 6 nitrogen and oxygen atoms in total. The van der Waals surface area contributed by atoms with Crippen LogP contribution in [0.15, 0.2) is 65.5 Å². The van der Waals surface area contributed by atoms with Gasteiger partial charge < -0.3 is 18.8 Å². The van der Waals surface area contributed by atoms with Crippen molar-refractivity contribution in [2.45, 2.75) is 13.1 Å². The molecular formula is C19H16N2O4. The molecule has 25 heavy (non-hydrogen) atoms. The number of amides is 1. The molecule has 0 aliphatic carbocycles. The van der Waals surface area contributed by atoms with E-state index < -0.39 is 0 Å². The summed E-state index contributed by atoms with van der Waals surface area (Å²) in [5.74, 6) is 1.56. The number of benzene rings is 1. The Bertz CT molecular complexity index is 862. The summed E-state index contributed by atoms with van der Waals surface area (Å²) in [4.78, 5) is 18.6. The average molecular weight is 336 g/mol. The number of carbonyl (C=O) groups is 1. The lowest BCUT2D eigenvalue weighted by atomic mass is 10.1. The Balaban J connectivity index is 1.59. The fourth-order valence-corrected chi connectivity index (χ4v) is 2.73. The molecule has 126 valence electrons. The summed E-state index contributed by atoms with van der Waals surface area (Å²) >= 11 is 0. The van der Waals surface area contributed by atoms with E-state index in [0.717, 1.165) is 16.9 Å². The summed E-state index contributed by atoms with van der Waals surface area (Å²) in [6, 6.07) is 12.8. The van der Waals surface area contributed by atoms with E-state index in [1.807, 2.05) is 30.3 Å². The summed E-state index contributed by atoms with van der Waals surface area (Å²) in [5, 5.41) is 0. The third-order valence-electron chi connectivity index (χ3n) is 3.93. The third kappa shape index (κ3) is 3.33. The number of fused-ring (bicyclic) bond motifs is 1. The molecule has 0 spiro atoms. The van der Waals surface area contributed by atoms with Crippen molar-refractivity contribution in [3.8, 4) is 11.5 Å². The Labute approximate surface area is 144 Å². The van der Waals surface area contributed by atoms with E-state index in [1.165, 1.54) is 6.26 Å². The van der Waals surface area contributed by atoms with Gasteiger partial charge in [0, 0.05) is 25.5 Å². The first kappa shape index (κ1) is 15.3. The van der Waals surface area contributed by atoms with Gasteiger partial charge in [-0.15, -0.1) is 0 Å². The minimum atomic E-state index is -0.175. The van der Waals surface area contributed by atoms with Crippen LogP contribution >= 0.6 is 0 Å². The Hall–Kier alpha value is -3.28. The van der Waals surface area contributed by atoms with Crippen molar-refractivity contribution < 1.29 is 18.7 Å². The molecule has 0 saturated heterocycles. The van der Waals surface area contributed by atoms with Crippen LogP contribution in [0.3, 0.4) is 0 Å². The minimum Gasteiger partial charge on any atom is -0.459 e.